The molecule has 4 N–H and O–H groups in total. The Labute approximate surface area is 102 Å². The smallest absolute Gasteiger partial charge is 0.227 e. The van der Waals surface area contributed by atoms with Gasteiger partial charge in [-0.05, 0) is 12.8 Å². The number of hydrogen-bond donors (Lipinski definition) is 3. The molecule has 0 unspecified atom stereocenters. The van der Waals surface area contributed by atoms with Crippen LogP contribution in [0.5, 0.6) is 0 Å². The largest absolute Gasteiger partial charge is 0.355 e. The average molecular weight is 238 g/mol. The molecule has 0 fully saturated rings. The minimum absolute atomic E-state index is 0.0524. The van der Waals surface area contributed by atoms with E-state index < -0.39 is 5.41 Å². The van der Waals surface area contributed by atoms with Crippen molar-refractivity contribution in [1.29, 1.82) is 0 Å². The van der Waals surface area contributed by atoms with Crippen LogP contribution in [0.3, 0.4) is 0 Å². The Balaban J connectivity index is 2.42. The van der Waals surface area contributed by atoms with Crippen molar-refractivity contribution in [1.82, 2.24) is 15.3 Å². The number of aromatic nitrogens is 2. The van der Waals surface area contributed by atoms with Gasteiger partial charge in [-0.15, -0.1) is 0 Å². The SMILES string of the molecule is CCC(CC)(CN)C(=O)NCCc1ncc[nH]1. The van der Waals surface area contributed by atoms with E-state index in [-0.39, 0.29) is 5.91 Å². The van der Waals surface area contributed by atoms with E-state index in [4.69, 9.17) is 5.73 Å². The molecule has 1 rings (SSSR count). The molecule has 5 heteroatoms. The van der Waals surface area contributed by atoms with Gasteiger partial charge in [0.05, 0.1) is 5.41 Å². The van der Waals surface area contributed by atoms with Crippen LogP contribution in [0, 0.1) is 5.41 Å². The van der Waals surface area contributed by atoms with Gasteiger partial charge >= 0.3 is 0 Å². The number of aromatic amines is 1. The number of amides is 1. The second-order valence-electron chi connectivity index (χ2n) is 4.23. The maximum Gasteiger partial charge on any atom is 0.227 e. The number of H-pyrrole nitrogens is 1. The number of nitrogens with zero attached hydrogens (tertiary/aromatic N) is 1. The molecule has 1 heterocycles. The number of hydrogen-bond acceptors (Lipinski definition) is 3. The third-order valence-electron chi connectivity index (χ3n) is 3.43. The molecule has 0 spiro atoms. The molecule has 1 amide bonds. The zero-order chi connectivity index (χ0) is 12.7. The number of imidazole rings is 1. The molecule has 0 aliphatic rings. The first-order chi connectivity index (χ1) is 8.18. The second kappa shape index (κ2) is 6.39. The number of carbonyl (C=O) groups is 1. The molecular weight excluding hydrogens is 216 g/mol. The summed E-state index contributed by atoms with van der Waals surface area (Å²) in [5.41, 5.74) is 5.30. The maximum atomic E-state index is 12.1. The molecule has 0 saturated carbocycles. The summed E-state index contributed by atoms with van der Waals surface area (Å²) < 4.78 is 0. The Morgan fingerprint density at radius 2 is 2.24 bits per heavy atom. The molecule has 0 aliphatic carbocycles. The molecule has 1 aromatic rings. The van der Waals surface area contributed by atoms with Crippen molar-refractivity contribution in [2.24, 2.45) is 11.1 Å². The van der Waals surface area contributed by atoms with E-state index in [1.807, 2.05) is 13.8 Å². The third kappa shape index (κ3) is 3.30. The first-order valence-electron chi connectivity index (χ1n) is 6.15. The van der Waals surface area contributed by atoms with Crippen LogP contribution in [-0.2, 0) is 11.2 Å². The van der Waals surface area contributed by atoms with Crippen LogP contribution in [0.2, 0.25) is 0 Å². The Morgan fingerprint density at radius 1 is 1.53 bits per heavy atom. The van der Waals surface area contributed by atoms with E-state index in [2.05, 4.69) is 15.3 Å². The van der Waals surface area contributed by atoms with Crippen LogP contribution < -0.4 is 11.1 Å². The first-order valence-corrected chi connectivity index (χ1v) is 6.15. The van der Waals surface area contributed by atoms with Crippen LogP contribution in [0.1, 0.15) is 32.5 Å². The molecule has 17 heavy (non-hydrogen) atoms. The lowest BCUT2D eigenvalue weighted by Gasteiger charge is -2.28. The van der Waals surface area contributed by atoms with Crippen LogP contribution in [-0.4, -0.2) is 29.0 Å². The van der Waals surface area contributed by atoms with Gasteiger partial charge in [-0.25, -0.2) is 4.98 Å². The molecule has 0 aromatic carbocycles. The molecule has 0 aliphatic heterocycles. The van der Waals surface area contributed by atoms with E-state index in [1.165, 1.54) is 0 Å². The van der Waals surface area contributed by atoms with Crippen molar-refractivity contribution in [2.75, 3.05) is 13.1 Å². The van der Waals surface area contributed by atoms with Gasteiger partial charge in [0.2, 0.25) is 5.91 Å². The lowest BCUT2D eigenvalue weighted by Crippen LogP contribution is -2.45. The molecule has 0 radical (unpaired) electrons. The number of rotatable bonds is 7. The van der Waals surface area contributed by atoms with Crippen molar-refractivity contribution < 1.29 is 4.79 Å². The monoisotopic (exact) mass is 238 g/mol. The summed E-state index contributed by atoms with van der Waals surface area (Å²) in [5, 5.41) is 2.94. The lowest BCUT2D eigenvalue weighted by molar-refractivity contribution is -0.131. The van der Waals surface area contributed by atoms with Gasteiger partial charge in [-0.1, -0.05) is 13.8 Å². The number of nitrogens with one attached hydrogen (secondary N) is 2. The summed E-state index contributed by atoms with van der Waals surface area (Å²) in [4.78, 5) is 19.2. The maximum absolute atomic E-state index is 12.1. The third-order valence-corrected chi connectivity index (χ3v) is 3.43. The molecule has 0 bridgehead atoms. The first kappa shape index (κ1) is 13.7. The Morgan fingerprint density at radius 3 is 2.71 bits per heavy atom. The molecule has 0 saturated heterocycles. The molecule has 5 nitrogen and oxygen atoms in total. The molecule has 0 atom stereocenters. The van der Waals surface area contributed by atoms with Crippen molar-refractivity contribution in [2.45, 2.75) is 33.1 Å². The Kier molecular flexibility index (Phi) is 5.15. The normalized spacial score (nSPS) is 11.5. The van der Waals surface area contributed by atoms with Gasteiger partial charge in [0.25, 0.3) is 0 Å². The molecule has 96 valence electrons. The lowest BCUT2D eigenvalue weighted by atomic mass is 9.81. The second-order valence-corrected chi connectivity index (χ2v) is 4.23. The summed E-state index contributed by atoms with van der Waals surface area (Å²) in [6.07, 6.45) is 5.74. The van der Waals surface area contributed by atoms with Crippen molar-refractivity contribution in [3.8, 4) is 0 Å². The van der Waals surface area contributed by atoms with Gasteiger partial charge in [-0.3, -0.25) is 4.79 Å². The predicted molar refractivity (Wildman–Crippen MR) is 67.4 cm³/mol. The number of nitrogens with two attached hydrogens (primary N) is 1. The van der Waals surface area contributed by atoms with E-state index in [0.717, 1.165) is 18.7 Å². The zero-order valence-electron chi connectivity index (χ0n) is 10.6. The van der Waals surface area contributed by atoms with Gasteiger partial charge in [0, 0.05) is 31.9 Å². The highest BCUT2D eigenvalue weighted by atomic mass is 16.2. The summed E-state index contributed by atoms with van der Waals surface area (Å²) in [5.74, 6) is 0.938. The van der Waals surface area contributed by atoms with Crippen LogP contribution in [0.4, 0.5) is 0 Å². The standard InChI is InChI=1S/C12H22N4O/c1-3-12(4-2,9-13)11(17)16-6-5-10-14-7-8-15-10/h7-8H,3-6,9,13H2,1-2H3,(H,14,15)(H,16,17). The fourth-order valence-corrected chi connectivity index (χ4v) is 1.87. The van der Waals surface area contributed by atoms with E-state index in [1.54, 1.807) is 12.4 Å². The summed E-state index contributed by atoms with van der Waals surface area (Å²) in [7, 11) is 0. The van der Waals surface area contributed by atoms with Gasteiger partial charge in [0.1, 0.15) is 5.82 Å². The van der Waals surface area contributed by atoms with Crippen LogP contribution in [0.25, 0.3) is 0 Å². The predicted octanol–water partition coefficient (Wildman–Crippen LogP) is 0.833. The van der Waals surface area contributed by atoms with Gasteiger partial charge in [-0.2, -0.15) is 0 Å². The summed E-state index contributed by atoms with van der Waals surface area (Å²) >= 11 is 0. The van der Waals surface area contributed by atoms with Crippen molar-refractivity contribution in [3.63, 3.8) is 0 Å². The zero-order valence-corrected chi connectivity index (χ0v) is 10.6. The van der Waals surface area contributed by atoms with E-state index >= 15 is 0 Å². The highest BCUT2D eigenvalue weighted by Gasteiger charge is 2.32. The fourth-order valence-electron chi connectivity index (χ4n) is 1.87. The molecule has 1 aromatic heterocycles. The highest BCUT2D eigenvalue weighted by Crippen LogP contribution is 2.24. The highest BCUT2D eigenvalue weighted by molar-refractivity contribution is 5.82. The topological polar surface area (TPSA) is 83.8 Å². The van der Waals surface area contributed by atoms with Crippen LogP contribution >= 0.6 is 0 Å². The Bertz CT molecular complexity index is 322. The van der Waals surface area contributed by atoms with Crippen LogP contribution in [0.15, 0.2) is 12.4 Å². The summed E-state index contributed by atoms with van der Waals surface area (Å²) in [6, 6.07) is 0. The molecular formula is C12H22N4O. The quantitative estimate of drug-likeness (QED) is 0.658. The minimum atomic E-state index is -0.414. The van der Waals surface area contributed by atoms with E-state index in [9.17, 15) is 4.79 Å². The van der Waals surface area contributed by atoms with Gasteiger partial charge in [0.15, 0.2) is 0 Å². The van der Waals surface area contributed by atoms with E-state index in [0.29, 0.717) is 19.5 Å². The van der Waals surface area contributed by atoms with Crippen molar-refractivity contribution in [3.05, 3.63) is 18.2 Å². The number of carbonyl (C=O) groups excluding carboxylic acids is 1. The van der Waals surface area contributed by atoms with Crippen molar-refractivity contribution >= 4 is 5.91 Å². The van der Waals surface area contributed by atoms with Gasteiger partial charge < -0.3 is 16.0 Å². The fraction of sp³-hybridized carbons (Fsp3) is 0.667. The summed E-state index contributed by atoms with van der Waals surface area (Å²) in [6.45, 7) is 4.99. The minimum Gasteiger partial charge on any atom is -0.355 e. The Hall–Kier alpha value is -1.36. The average Bonchev–Trinajstić information content (AvgIpc) is 2.85.